The highest BCUT2D eigenvalue weighted by atomic mass is 16.6. The maximum absolute atomic E-state index is 13.7. The lowest BCUT2D eigenvalue weighted by Gasteiger charge is -2.52. The second-order valence-corrected chi connectivity index (χ2v) is 12.5. The first kappa shape index (κ1) is 26.1. The summed E-state index contributed by atoms with van der Waals surface area (Å²) in [6.07, 6.45) is 3.80. The molecule has 204 valence electrons. The van der Waals surface area contributed by atoms with Gasteiger partial charge in [0.05, 0.1) is 5.60 Å². The fourth-order valence-electron chi connectivity index (χ4n) is 7.69. The molecular formula is C35H41NO3. The normalized spacial score (nSPS) is 24.1. The van der Waals surface area contributed by atoms with Crippen LogP contribution in [-0.2, 0) is 10.3 Å². The Hall–Kier alpha value is -3.11. The van der Waals surface area contributed by atoms with E-state index in [4.69, 9.17) is 4.74 Å². The van der Waals surface area contributed by atoms with Crippen LogP contribution < -0.4 is 0 Å². The molecule has 1 amide bonds. The Kier molecular flexibility index (Phi) is 6.79. The number of carbonyl (C=O) groups excluding carboxylic acids is 1. The topological polar surface area (TPSA) is 49.8 Å². The lowest BCUT2D eigenvalue weighted by Crippen LogP contribution is -2.59. The van der Waals surface area contributed by atoms with Crippen LogP contribution in [-0.4, -0.2) is 34.8 Å². The van der Waals surface area contributed by atoms with Gasteiger partial charge < -0.3 is 14.7 Å². The molecule has 3 aliphatic rings. The highest BCUT2D eigenvalue weighted by Crippen LogP contribution is 2.49. The maximum Gasteiger partial charge on any atom is 0.410 e. The van der Waals surface area contributed by atoms with E-state index in [0.717, 1.165) is 24.8 Å². The number of hydrogen-bond acceptors (Lipinski definition) is 3. The zero-order valence-corrected chi connectivity index (χ0v) is 23.7. The molecule has 2 saturated heterocycles. The summed E-state index contributed by atoms with van der Waals surface area (Å²) in [5, 5.41) is 12.3. The number of ether oxygens (including phenoxy) is 1. The van der Waals surface area contributed by atoms with Crippen molar-refractivity contribution in [3.05, 3.63) is 94.5 Å². The minimum absolute atomic E-state index is 0.0154. The number of amides is 1. The van der Waals surface area contributed by atoms with Gasteiger partial charge in [0.2, 0.25) is 0 Å². The summed E-state index contributed by atoms with van der Waals surface area (Å²) in [6, 6.07) is 23.4. The first-order valence-electron chi connectivity index (χ1n) is 14.8. The molecule has 4 heteroatoms. The molecule has 2 aliphatic heterocycles. The van der Waals surface area contributed by atoms with Crippen LogP contribution in [0.4, 0.5) is 4.79 Å². The Morgan fingerprint density at radius 2 is 1.36 bits per heavy atom. The molecule has 2 bridgehead atoms. The molecule has 2 unspecified atom stereocenters. The summed E-state index contributed by atoms with van der Waals surface area (Å²) in [4.78, 5) is 15.7. The fourth-order valence-corrected chi connectivity index (χ4v) is 7.69. The van der Waals surface area contributed by atoms with Crippen LogP contribution >= 0.6 is 0 Å². The van der Waals surface area contributed by atoms with Crippen molar-refractivity contribution in [3.8, 4) is 11.1 Å². The molecule has 0 spiro atoms. The van der Waals surface area contributed by atoms with Crippen LogP contribution in [0.25, 0.3) is 11.1 Å². The third kappa shape index (κ3) is 4.47. The number of piperidine rings is 2. The van der Waals surface area contributed by atoms with Gasteiger partial charge in [-0.05, 0) is 70.0 Å². The van der Waals surface area contributed by atoms with Gasteiger partial charge in [0.25, 0.3) is 0 Å². The van der Waals surface area contributed by atoms with Crippen molar-refractivity contribution in [2.45, 2.75) is 95.2 Å². The van der Waals surface area contributed by atoms with E-state index in [2.05, 4.69) is 94.4 Å². The third-order valence-corrected chi connectivity index (χ3v) is 9.39. The van der Waals surface area contributed by atoms with E-state index >= 15 is 0 Å². The summed E-state index contributed by atoms with van der Waals surface area (Å²) in [5.74, 6) is 0.694. The van der Waals surface area contributed by atoms with Gasteiger partial charge in [-0.15, -0.1) is 0 Å². The van der Waals surface area contributed by atoms with Gasteiger partial charge in [-0.2, -0.15) is 0 Å². The first-order valence-corrected chi connectivity index (χ1v) is 14.8. The summed E-state index contributed by atoms with van der Waals surface area (Å²) in [6.45, 7) is 9.16. The smallest absolute Gasteiger partial charge is 0.410 e. The largest absolute Gasteiger partial charge is 0.448 e. The molecule has 1 aliphatic carbocycles. The molecule has 39 heavy (non-hydrogen) atoms. The molecule has 6 rings (SSSR count). The molecule has 1 N–H and O–H groups in total. The lowest BCUT2D eigenvalue weighted by molar-refractivity contribution is -0.0900. The van der Waals surface area contributed by atoms with Gasteiger partial charge in [0.15, 0.2) is 0 Å². The lowest BCUT2D eigenvalue weighted by atomic mass is 9.68. The van der Waals surface area contributed by atoms with Gasteiger partial charge in [-0.3, -0.25) is 0 Å². The minimum Gasteiger partial charge on any atom is -0.448 e. The maximum atomic E-state index is 13.7. The van der Waals surface area contributed by atoms with Gasteiger partial charge in [-0.25, -0.2) is 4.79 Å². The Labute approximate surface area is 233 Å². The standard InChI is InChI=1S/C35H41NO3/c1-22(2)26-17-10-18-27(23(3)4)33(26)35(38)19-24-11-9-12-25(20-35)36(24)34(37)39-21-32-30-15-7-5-13-28(30)29-14-6-8-16-31(29)32/h5-8,10,13-18,22-25,32,38H,9,11-12,19-21H2,1-4H3. The van der Waals surface area contributed by atoms with Crippen molar-refractivity contribution in [1.29, 1.82) is 0 Å². The first-order chi connectivity index (χ1) is 18.8. The molecule has 0 aromatic heterocycles. The van der Waals surface area contributed by atoms with Crippen LogP contribution in [0.5, 0.6) is 0 Å². The summed E-state index contributed by atoms with van der Waals surface area (Å²) in [5.41, 5.74) is 7.57. The highest BCUT2D eigenvalue weighted by molar-refractivity contribution is 5.79. The molecule has 2 fully saturated rings. The molecule has 2 heterocycles. The van der Waals surface area contributed by atoms with E-state index < -0.39 is 5.60 Å². The van der Waals surface area contributed by atoms with E-state index in [1.807, 2.05) is 4.90 Å². The number of aliphatic hydroxyl groups is 1. The van der Waals surface area contributed by atoms with Crippen molar-refractivity contribution in [1.82, 2.24) is 4.90 Å². The molecule has 3 aromatic carbocycles. The van der Waals surface area contributed by atoms with Crippen LogP contribution in [0.1, 0.15) is 105 Å². The number of rotatable bonds is 5. The van der Waals surface area contributed by atoms with Crippen molar-refractivity contribution < 1.29 is 14.6 Å². The summed E-state index contributed by atoms with van der Waals surface area (Å²) >= 11 is 0. The average molecular weight is 524 g/mol. The predicted molar refractivity (Wildman–Crippen MR) is 156 cm³/mol. The Morgan fingerprint density at radius 3 is 1.87 bits per heavy atom. The zero-order chi connectivity index (χ0) is 27.3. The predicted octanol–water partition coefficient (Wildman–Crippen LogP) is 8.09. The van der Waals surface area contributed by atoms with Crippen LogP contribution in [0.15, 0.2) is 66.7 Å². The zero-order valence-electron chi connectivity index (χ0n) is 23.7. The van der Waals surface area contributed by atoms with Gasteiger partial charge >= 0.3 is 6.09 Å². The Balaban J connectivity index is 1.25. The van der Waals surface area contributed by atoms with E-state index in [9.17, 15) is 9.90 Å². The number of nitrogens with zero attached hydrogens (tertiary/aromatic N) is 1. The molecule has 4 nitrogen and oxygen atoms in total. The quantitative estimate of drug-likeness (QED) is 0.368. The molecule has 3 aromatic rings. The fraction of sp³-hybridized carbons (Fsp3) is 0.457. The van der Waals surface area contributed by atoms with Crippen LogP contribution in [0.2, 0.25) is 0 Å². The van der Waals surface area contributed by atoms with Crippen molar-refractivity contribution in [2.24, 2.45) is 0 Å². The van der Waals surface area contributed by atoms with E-state index in [1.165, 1.54) is 33.4 Å². The summed E-state index contributed by atoms with van der Waals surface area (Å²) < 4.78 is 6.12. The Bertz CT molecular complexity index is 1290. The van der Waals surface area contributed by atoms with Crippen molar-refractivity contribution in [3.63, 3.8) is 0 Å². The van der Waals surface area contributed by atoms with E-state index in [1.54, 1.807) is 0 Å². The van der Waals surface area contributed by atoms with Gasteiger partial charge in [0.1, 0.15) is 6.61 Å². The molecule has 0 radical (unpaired) electrons. The Morgan fingerprint density at radius 1 is 0.846 bits per heavy atom. The highest BCUT2D eigenvalue weighted by Gasteiger charge is 2.50. The third-order valence-electron chi connectivity index (χ3n) is 9.39. The van der Waals surface area contributed by atoms with Crippen LogP contribution in [0, 0.1) is 0 Å². The number of carbonyl (C=O) groups is 1. The van der Waals surface area contributed by atoms with Crippen molar-refractivity contribution >= 4 is 6.09 Å². The SMILES string of the molecule is CC(C)c1cccc(C(C)C)c1C1(O)CC2CCCC(C1)N2C(=O)OCC1c2ccccc2-c2ccccc21. The number of hydrogen-bond donors (Lipinski definition) is 1. The number of fused-ring (bicyclic) bond motifs is 5. The average Bonchev–Trinajstić information content (AvgIpc) is 3.24. The van der Waals surface area contributed by atoms with Crippen LogP contribution in [0.3, 0.4) is 0 Å². The molecule has 2 atom stereocenters. The van der Waals surface area contributed by atoms with E-state index in [0.29, 0.717) is 31.3 Å². The summed E-state index contributed by atoms with van der Waals surface area (Å²) in [7, 11) is 0. The second kappa shape index (κ2) is 10.1. The number of benzene rings is 3. The monoisotopic (exact) mass is 523 g/mol. The minimum atomic E-state index is -0.934. The van der Waals surface area contributed by atoms with Gasteiger partial charge in [-0.1, -0.05) is 94.4 Å². The molecule has 0 saturated carbocycles. The van der Waals surface area contributed by atoms with E-state index in [-0.39, 0.29) is 24.1 Å². The second-order valence-electron chi connectivity index (χ2n) is 12.5. The van der Waals surface area contributed by atoms with Gasteiger partial charge in [0, 0.05) is 30.8 Å². The molecular weight excluding hydrogens is 482 g/mol. The van der Waals surface area contributed by atoms with Crippen molar-refractivity contribution in [2.75, 3.05) is 6.61 Å².